The van der Waals surface area contributed by atoms with Gasteiger partial charge < -0.3 is 30.2 Å². The number of carbonyl (C=O) groups is 1. The van der Waals surface area contributed by atoms with Gasteiger partial charge in [0.1, 0.15) is 17.1 Å². The second kappa shape index (κ2) is 8.22. The summed E-state index contributed by atoms with van der Waals surface area (Å²) in [6.45, 7) is 5.20. The van der Waals surface area contributed by atoms with E-state index in [1.807, 2.05) is 11.8 Å². The van der Waals surface area contributed by atoms with Crippen molar-refractivity contribution in [1.82, 2.24) is 9.97 Å². The van der Waals surface area contributed by atoms with Crippen molar-refractivity contribution in [2.24, 2.45) is 0 Å². The molecule has 1 amide bonds. The molecule has 2 fully saturated rings. The van der Waals surface area contributed by atoms with Crippen molar-refractivity contribution in [3.8, 4) is 5.75 Å². The number of nitrogens with two attached hydrogens (primary N) is 1. The Bertz CT molecular complexity index is 858. The number of piperidine rings is 1. The lowest BCUT2D eigenvalue weighted by molar-refractivity contribution is -0.169. The molecule has 3 N–H and O–H groups in total. The molecule has 154 valence electrons. The first-order valence-corrected chi connectivity index (χ1v) is 9.78. The minimum Gasteiger partial charge on any atom is -0.494 e. The molecular formula is C20H25N5O4. The summed E-state index contributed by atoms with van der Waals surface area (Å²) in [5, 5.41) is 2.80. The molecule has 1 aromatic heterocycles. The van der Waals surface area contributed by atoms with Gasteiger partial charge in [-0.15, -0.1) is 0 Å². The summed E-state index contributed by atoms with van der Waals surface area (Å²) in [6.07, 6.45) is 2.96. The predicted molar refractivity (Wildman–Crippen MR) is 108 cm³/mol. The van der Waals surface area contributed by atoms with Gasteiger partial charge >= 0.3 is 0 Å². The Morgan fingerprint density at radius 2 is 1.93 bits per heavy atom. The van der Waals surface area contributed by atoms with Crippen molar-refractivity contribution in [3.63, 3.8) is 0 Å². The van der Waals surface area contributed by atoms with E-state index >= 15 is 0 Å². The zero-order chi connectivity index (χ0) is 20.3. The van der Waals surface area contributed by atoms with Crippen LogP contribution in [0.15, 0.2) is 30.5 Å². The van der Waals surface area contributed by atoms with Crippen molar-refractivity contribution in [3.05, 3.63) is 36.0 Å². The van der Waals surface area contributed by atoms with Gasteiger partial charge in [-0.3, -0.25) is 4.79 Å². The van der Waals surface area contributed by atoms with Crippen molar-refractivity contribution in [2.45, 2.75) is 25.6 Å². The maximum absolute atomic E-state index is 12.6. The summed E-state index contributed by atoms with van der Waals surface area (Å²) in [4.78, 5) is 23.3. The average molecular weight is 399 g/mol. The van der Waals surface area contributed by atoms with Gasteiger partial charge in [0.05, 0.1) is 19.8 Å². The minimum atomic E-state index is -0.459. The molecule has 3 heterocycles. The molecule has 0 unspecified atom stereocenters. The summed E-state index contributed by atoms with van der Waals surface area (Å²) in [5.74, 6) is 0.581. The lowest BCUT2D eigenvalue weighted by Crippen LogP contribution is -2.45. The van der Waals surface area contributed by atoms with E-state index in [4.69, 9.17) is 19.9 Å². The first-order chi connectivity index (χ1) is 14.1. The molecule has 2 aromatic rings. The van der Waals surface area contributed by atoms with Gasteiger partial charge in [-0.2, -0.15) is 4.98 Å². The highest BCUT2D eigenvalue weighted by Crippen LogP contribution is 2.32. The van der Waals surface area contributed by atoms with Gasteiger partial charge in [0, 0.05) is 37.8 Å². The Morgan fingerprint density at radius 3 is 2.55 bits per heavy atom. The Labute approximate surface area is 169 Å². The molecule has 0 saturated carbocycles. The normalized spacial score (nSPS) is 18.0. The predicted octanol–water partition coefficient (Wildman–Crippen LogP) is 2.05. The number of aromatic nitrogens is 2. The number of hydrogen-bond donors (Lipinski definition) is 2. The highest BCUT2D eigenvalue weighted by molar-refractivity contribution is 6.07. The summed E-state index contributed by atoms with van der Waals surface area (Å²) in [6, 6.07) is 7.13. The fourth-order valence-electron chi connectivity index (χ4n) is 3.55. The van der Waals surface area contributed by atoms with Gasteiger partial charge in [0.25, 0.3) is 5.91 Å². The number of amides is 1. The average Bonchev–Trinajstić information content (AvgIpc) is 3.18. The number of anilines is 3. The van der Waals surface area contributed by atoms with Crippen molar-refractivity contribution >= 4 is 23.4 Å². The van der Waals surface area contributed by atoms with Crippen molar-refractivity contribution < 1.29 is 19.0 Å². The molecule has 2 aliphatic rings. The van der Waals surface area contributed by atoms with E-state index in [0.29, 0.717) is 44.5 Å². The van der Waals surface area contributed by atoms with E-state index < -0.39 is 5.79 Å². The van der Waals surface area contributed by atoms with Gasteiger partial charge in [-0.05, 0) is 31.2 Å². The monoisotopic (exact) mass is 399 g/mol. The van der Waals surface area contributed by atoms with Gasteiger partial charge in [-0.25, -0.2) is 4.98 Å². The summed E-state index contributed by atoms with van der Waals surface area (Å²) < 4.78 is 16.9. The fourth-order valence-corrected chi connectivity index (χ4v) is 3.55. The summed E-state index contributed by atoms with van der Waals surface area (Å²) in [5.41, 5.74) is 6.93. The third-order valence-electron chi connectivity index (χ3n) is 5.09. The van der Waals surface area contributed by atoms with Crippen LogP contribution in [0, 0.1) is 0 Å². The van der Waals surface area contributed by atoms with Crippen LogP contribution in [0.3, 0.4) is 0 Å². The number of hydrogen-bond acceptors (Lipinski definition) is 8. The van der Waals surface area contributed by atoms with Crippen molar-refractivity contribution in [2.75, 3.05) is 48.9 Å². The van der Waals surface area contributed by atoms with Crippen LogP contribution in [0.5, 0.6) is 5.75 Å². The molecule has 0 aliphatic carbocycles. The van der Waals surface area contributed by atoms with Crippen LogP contribution in [0.25, 0.3) is 0 Å². The lowest BCUT2D eigenvalue weighted by Gasteiger charge is -2.37. The van der Waals surface area contributed by atoms with Crippen molar-refractivity contribution in [1.29, 1.82) is 0 Å². The number of ether oxygens (including phenoxy) is 3. The second-order valence-electron chi connectivity index (χ2n) is 6.98. The largest absolute Gasteiger partial charge is 0.494 e. The quantitative estimate of drug-likeness (QED) is 0.786. The van der Waals surface area contributed by atoms with E-state index in [0.717, 1.165) is 18.6 Å². The number of rotatable bonds is 5. The van der Waals surface area contributed by atoms with E-state index in [2.05, 4.69) is 15.3 Å². The zero-order valence-electron chi connectivity index (χ0n) is 16.4. The number of nitrogens with zero attached hydrogens (tertiary/aromatic N) is 3. The zero-order valence-corrected chi connectivity index (χ0v) is 16.4. The highest BCUT2D eigenvalue weighted by Gasteiger charge is 2.40. The Balaban J connectivity index is 1.39. The Morgan fingerprint density at radius 1 is 1.24 bits per heavy atom. The second-order valence-corrected chi connectivity index (χ2v) is 6.98. The first kappa shape index (κ1) is 19.4. The van der Waals surface area contributed by atoms with E-state index in [1.54, 1.807) is 24.3 Å². The smallest absolute Gasteiger partial charge is 0.260 e. The molecule has 2 saturated heterocycles. The standard InChI is InChI=1S/C20H25N5O4/c1-2-27-15-5-3-14(4-6-15)23-18(26)16-13-22-19(24-17(16)21)25-9-7-20(8-10-25)28-11-12-29-20/h3-6,13H,2,7-12H2,1H3,(H,23,26)(H2,21,22,24). The third-order valence-corrected chi connectivity index (χ3v) is 5.09. The van der Waals surface area contributed by atoms with E-state index in [1.165, 1.54) is 6.20 Å². The molecule has 2 aliphatic heterocycles. The Hall–Kier alpha value is -2.91. The Kier molecular flexibility index (Phi) is 5.50. The molecular weight excluding hydrogens is 374 g/mol. The van der Waals surface area contributed by atoms with Crippen LogP contribution in [0.4, 0.5) is 17.5 Å². The molecule has 0 radical (unpaired) electrons. The molecule has 1 aromatic carbocycles. The van der Waals surface area contributed by atoms with Crippen LogP contribution in [0.2, 0.25) is 0 Å². The minimum absolute atomic E-state index is 0.145. The molecule has 1 spiro atoms. The van der Waals surface area contributed by atoms with Gasteiger partial charge in [0.15, 0.2) is 5.79 Å². The van der Waals surface area contributed by atoms with Crippen LogP contribution < -0.4 is 20.7 Å². The van der Waals surface area contributed by atoms with E-state index in [9.17, 15) is 4.79 Å². The van der Waals surface area contributed by atoms with Gasteiger partial charge in [-0.1, -0.05) is 0 Å². The highest BCUT2D eigenvalue weighted by atomic mass is 16.7. The van der Waals surface area contributed by atoms with Crippen LogP contribution in [0.1, 0.15) is 30.1 Å². The molecule has 9 nitrogen and oxygen atoms in total. The maximum atomic E-state index is 12.6. The third kappa shape index (κ3) is 4.25. The lowest BCUT2D eigenvalue weighted by atomic mass is 10.0. The SMILES string of the molecule is CCOc1ccc(NC(=O)c2cnc(N3CCC4(CC3)OCCO4)nc2N)cc1. The fraction of sp³-hybridized carbons (Fsp3) is 0.450. The summed E-state index contributed by atoms with van der Waals surface area (Å²) >= 11 is 0. The molecule has 4 rings (SSSR count). The number of benzene rings is 1. The van der Waals surface area contributed by atoms with Gasteiger partial charge in [0.2, 0.25) is 5.95 Å². The molecule has 0 atom stereocenters. The topological polar surface area (TPSA) is 112 Å². The maximum Gasteiger partial charge on any atom is 0.260 e. The summed E-state index contributed by atoms with van der Waals surface area (Å²) in [7, 11) is 0. The van der Waals surface area contributed by atoms with Crippen LogP contribution >= 0.6 is 0 Å². The first-order valence-electron chi connectivity index (χ1n) is 9.78. The molecule has 0 bridgehead atoms. The number of carbonyl (C=O) groups excluding carboxylic acids is 1. The number of nitrogen functional groups attached to an aromatic ring is 1. The van der Waals surface area contributed by atoms with E-state index in [-0.39, 0.29) is 17.3 Å². The molecule has 9 heteroatoms. The van der Waals surface area contributed by atoms with Crippen LogP contribution in [-0.2, 0) is 9.47 Å². The van der Waals surface area contributed by atoms with Crippen LogP contribution in [-0.4, -0.2) is 54.6 Å². The molecule has 29 heavy (non-hydrogen) atoms. The number of nitrogens with one attached hydrogen (secondary N) is 1.